The fraction of sp³-hybridized carbons (Fsp3) is 0.355. The van der Waals surface area contributed by atoms with Gasteiger partial charge in [0.05, 0.1) is 38.2 Å². The van der Waals surface area contributed by atoms with Gasteiger partial charge in [0.25, 0.3) is 5.91 Å². The van der Waals surface area contributed by atoms with Crippen molar-refractivity contribution in [1.29, 1.82) is 0 Å². The molecule has 0 N–H and O–H groups in total. The van der Waals surface area contributed by atoms with Crippen LogP contribution in [0.3, 0.4) is 0 Å². The molecule has 0 radical (unpaired) electrons. The van der Waals surface area contributed by atoms with Crippen molar-refractivity contribution in [2.75, 3.05) is 51.8 Å². The number of anilines is 1. The SMILES string of the molecule is COc1ccc(OC)c([C@@H]2CC(c3ccc(C)c(C)c3)=NN2C(=O)CN2CCN(c3ccccc3F)CC2)c1. The van der Waals surface area contributed by atoms with E-state index < -0.39 is 0 Å². The van der Waals surface area contributed by atoms with Gasteiger partial charge in [0.2, 0.25) is 0 Å². The number of nitrogens with zero attached hydrogens (tertiary/aromatic N) is 4. The first kappa shape index (κ1) is 26.7. The number of piperazine rings is 1. The van der Waals surface area contributed by atoms with Gasteiger partial charge < -0.3 is 14.4 Å². The van der Waals surface area contributed by atoms with Crippen LogP contribution < -0.4 is 14.4 Å². The number of hydrogen-bond donors (Lipinski definition) is 0. The largest absolute Gasteiger partial charge is 0.497 e. The number of para-hydroxylation sites is 1. The first-order chi connectivity index (χ1) is 18.9. The lowest BCUT2D eigenvalue weighted by atomic mass is 9.95. The van der Waals surface area contributed by atoms with E-state index in [9.17, 15) is 9.18 Å². The molecule has 3 aromatic carbocycles. The third kappa shape index (κ3) is 5.61. The van der Waals surface area contributed by atoms with Crippen molar-refractivity contribution < 1.29 is 18.7 Å². The number of halogens is 1. The Kier molecular flexibility index (Phi) is 7.84. The Morgan fingerprint density at radius 3 is 2.41 bits per heavy atom. The van der Waals surface area contributed by atoms with Gasteiger partial charge in [0, 0.05) is 38.2 Å². The molecule has 39 heavy (non-hydrogen) atoms. The molecule has 2 aliphatic rings. The molecule has 1 atom stereocenters. The second-order valence-electron chi connectivity index (χ2n) is 10.1. The van der Waals surface area contributed by atoms with E-state index in [1.54, 1.807) is 31.4 Å². The number of ether oxygens (including phenoxy) is 2. The fourth-order valence-corrected chi connectivity index (χ4v) is 5.30. The highest BCUT2D eigenvalue weighted by Gasteiger charge is 2.36. The maximum Gasteiger partial charge on any atom is 0.257 e. The number of hydrazone groups is 1. The number of benzene rings is 3. The molecule has 0 bridgehead atoms. The molecule has 2 heterocycles. The summed E-state index contributed by atoms with van der Waals surface area (Å²) in [4.78, 5) is 17.9. The Morgan fingerprint density at radius 2 is 1.72 bits per heavy atom. The molecular weight excluding hydrogens is 495 g/mol. The van der Waals surface area contributed by atoms with Crippen LogP contribution in [0.4, 0.5) is 10.1 Å². The second-order valence-corrected chi connectivity index (χ2v) is 10.1. The van der Waals surface area contributed by atoms with Crippen molar-refractivity contribution in [3.8, 4) is 11.5 Å². The molecule has 3 aromatic rings. The van der Waals surface area contributed by atoms with Crippen LogP contribution in [0.5, 0.6) is 11.5 Å². The van der Waals surface area contributed by atoms with Crippen LogP contribution in [0.1, 0.15) is 34.7 Å². The third-order valence-corrected chi connectivity index (χ3v) is 7.73. The smallest absolute Gasteiger partial charge is 0.257 e. The Bertz CT molecular complexity index is 1380. The van der Waals surface area contributed by atoms with Crippen molar-refractivity contribution in [3.05, 3.63) is 88.7 Å². The topological polar surface area (TPSA) is 57.6 Å². The number of carbonyl (C=O) groups is 1. The van der Waals surface area contributed by atoms with Gasteiger partial charge in [-0.2, -0.15) is 5.10 Å². The van der Waals surface area contributed by atoms with Crippen LogP contribution in [0, 0.1) is 19.7 Å². The van der Waals surface area contributed by atoms with Crippen LogP contribution >= 0.6 is 0 Å². The van der Waals surface area contributed by atoms with Crippen LogP contribution in [-0.2, 0) is 4.79 Å². The summed E-state index contributed by atoms with van der Waals surface area (Å²) in [6.07, 6.45) is 0.568. The molecule has 1 fully saturated rings. The second kappa shape index (κ2) is 11.5. The molecule has 5 rings (SSSR count). The monoisotopic (exact) mass is 530 g/mol. The van der Waals surface area contributed by atoms with Crippen LogP contribution in [0.2, 0.25) is 0 Å². The zero-order valence-corrected chi connectivity index (χ0v) is 23.0. The van der Waals surface area contributed by atoms with E-state index in [0.717, 1.165) is 16.8 Å². The zero-order chi connectivity index (χ0) is 27.5. The molecular formula is C31H35FN4O3. The van der Waals surface area contributed by atoms with Gasteiger partial charge >= 0.3 is 0 Å². The van der Waals surface area contributed by atoms with Gasteiger partial charge in [-0.1, -0.05) is 24.3 Å². The first-order valence-corrected chi connectivity index (χ1v) is 13.3. The molecule has 204 valence electrons. The number of aryl methyl sites for hydroxylation is 2. The van der Waals surface area contributed by atoms with Gasteiger partial charge in [-0.3, -0.25) is 9.69 Å². The predicted molar refractivity (Wildman–Crippen MR) is 151 cm³/mol. The number of rotatable bonds is 7. The average molecular weight is 531 g/mol. The highest BCUT2D eigenvalue weighted by Crippen LogP contribution is 2.39. The lowest BCUT2D eigenvalue weighted by molar-refractivity contribution is -0.134. The highest BCUT2D eigenvalue weighted by atomic mass is 19.1. The average Bonchev–Trinajstić information content (AvgIpc) is 3.40. The predicted octanol–water partition coefficient (Wildman–Crippen LogP) is 4.96. The maximum absolute atomic E-state index is 14.3. The maximum atomic E-state index is 14.3. The van der Waals surface area contributed by atoms with E-state index in [-0.39, 0.29) is 24.3 Å². The highest BCUT2D eigenvalue weighted by molar-refractivity contribution is 6.03. The standard InChI is InChI=1S/C31H35FN4O3/c1-21-9-10-23(17-22(21)2)27-19-29(25-18-24(38-3)11-12-30(25)39-4)36(33-27)31(37)20-34-13-15-35(16-14-34)28-8-6-5-7-26(28)32/h5-12,17-18,29H,13-16,19-20H2,1-4H3/t29-/m0/s1. The van der Waals surface area contributed by atoms with E-state index in [1.165, 1.54) is 17.2 Å². The molecule has 0 spiro atoms. The molecule has 2 aliphatic heterocycles. The minimum absolute atomic E-state index is 0.0805. The molecule has 0 unspecified atom stereocenters. The minimum Gasteiger partial charge on any atom is -0.497 e. The third-order valence-electron chi connectivity index (χ3n) is 7.73. The van der Waals surface area contributed by atoms with Gasteiger partial charge in [0.15, 0.2) is 0 Å². The molecule has 0 aliphatic carbocycles. The van der Waals surface area contributed by atoms with E-state index in [0.29, 0.717) is 49.8 Å². The van der Waals surface area contributed by atoms with Crippen molar-refractivity contribution in [1.82, 2.24) is 9.91 Å². The molecule has 1 saturated heterocycles. The number of amides is 1. The molecule has 0 aromatic heterocycles. The summed E-state index contributed by atoms with van der Waals surface area (Å²) in [6, 6.07) is 18.4. The van der Waals surface area contributed by atoms with E-state index in [4.69, 9.17) is 14.6 Å². The summed E-state index contributed by atoms with van der Waals surface area (Å²) in [6.45, 7) is 7.03. The number of carbonyl (C=O) groups excluding carboxylic acids is 1. The fourth-order valence-electron chi connectivity index (χ4n) is 5.30. The van der Waals surface area contributed by atoms with Gasteiger partial charge in [-0.05, 0) is 66.9 Å². The van der Waals surface area contributed by atoms with Gasteiger partial charge in [0.1, 0.15) is 17.3 Å². The van der Waals surface area contributed by atoms with Gasteiger partial charge in [-0.25, -0.2) is 9.40 Å². The summed E-state index contributed by atoms with van der Waals surface area (Å²) in [5, 5.41) is 6.49. The van der Waals surface area contributed by atoms with Crippen LogP contribution in [0.25, 0.3) is 0 Å². The normalized spacial score (nSPS) is 17.8. The van der Waals surface area contributed by atoms with Gasteiger partial charge in [-0.15, -0.1) is 0 Å². The summed E-state index contributed by atoms with van der Waals surface area (Å²) in [5.74, 6) is 1.08. The summed E-state index contributed by atoms with van der Waals surface area (Å²) < 4.78 is 25.5. The number of hydrogen-bond acceptors (Lipinski definition) is 6. The summed E-state index contributed by atoms with van der Waals surface area (Å²) in [5.41, 5.74) is 5.74. The Morgan fingerprint density at radius 1 is 0.949 bits per heavy atom. The van der Waals surface area contributed by atoms with Crippen molar-refractivity contribution in [3.63, 3.8) is 0 Å². The Labute approximate surface area is 229 Å². The molecule has 1 amide bonds. The van der Waals surface area contributed by atoms with Crippen LogP contribution in [0.15, 0.2) is 65.8 Å². The summed E-state index contributed by atoms with van der Waals surface area (Å²) in [7, 11) is 3.26. The van der Waals surface area contributed by atoms with E-state index in [1.807, 2.05) is 29.2 Å². The van der Waals surface area contributed by atoms with E-state index >= 15 is 0 Å². The number of methoxy groups -OCH3 is 2. The summed E-state index contributed by atoms with van der Waals surface area (Å²) >= 11 is 0. The first-order valence-electron chi connectivity index (χ1n) is 13.3. The van der Waals surface area contributed by atoms with Crippen molar-refractivity contribution in [2.24, 2.45) is 5.10 Å². The minimum atomic E-state index is -0.320. The zero-order valence-electron chi connectivity index (χ0n) is 23.0. The Balaban J connectivity index is 1.38. The lowest BCUT2D eigenvalue weighted by Gasteiger charge is -2.36. The quantitative estimate of drug-likeness (QED) is 0.432. The van der Waals surface area contributed by atoms with Crippen molar-refractivity contribution >= 4 is 17.3 Å². The molecule has 7 nitrogen and oxygen atoms in total. The molecule has 8 heteroatoms. The van der Waals surface area contributed by atoms with E-state index in [2.05, 4.69) is 36.9 Å². The van der Waals surface area contributed by atoms with Crippen LogP contribution in [-0.4, -0.2) is 68.5 Å². The molecule has 0 saturated carbocycles. The Hall–Kier alpha value is -3.91. The lowest BCUT2D eigenvalue weighted by Crippen LogP contribution is -2.49. The van der Waals surface area contributed by atoms with Crippen molar-refractivity contribution in [2.45, 2.75) is 26.3 Å².